The van der Waals surface area contributed by atoms with E-state index < -0.39 is 22.7 Å². The van der Waals surface area contributed by atoms with Gasteiger partial charge in [-0.2, -0.15) is 10.5 Å². The summed E-state index contributed by atoms with van der Waals surface area (Å²) >= 11 is 0. The van der Waals surface area contributed by atoms with E-state index in [-0.39, 0.29) is 19.0 Å². The molecule has 154 valence electrons. The van der Waals surface area contributed by atoms with E-state index in [0.717, 1.165) is 0 Å². The van der Waals surface area contributed by atoms with Gasteiger partial charge < -0.3 is 29.4 Å². The van der Waals surface area contributed by atoms with Gasteiger partial charge in [0.25, 0.3) is 5.91 Å². The molecule has 1 saturated carbocycles. The first-order valence-corrected chi connectivity index (χ1v) is 9.19. The number of methoxy groups -OCH3 is 3. The fourth-order valence-corrected chi connectivity index (χ4v) is 4.52. The third-order valence-electron chi connectivity index (χ3n) is 5.63. The molecule has 9 heteroatoms. The molecular weight excluding hydrogens is 376 g/mol. The van der Waals surface area contributed by atoms with Gasteiger partial charge in [0.1, 0.15) is 11.3 Å². The molecule has 1 aromatic carbocycles. The van der Waals surface area contributed by atoms with Crippen molar-refractivity contribution in [2.75, 3.05) is 34.5 Å². The maximum absolute atomic E-state index is 10.3. The van der Waals surface area contributed by atoms with E-state index in [0.29, 0.717) is 22.8 Å². The van der Waals surface area contributed by atoms with Gasteiger partial charge in [0, 0.05) is 19.1 Å². The van der Waals surface area contributed by atoms with Crippen LogP contribution in [0.2, 0.25) is 0 Å². The summed E-state index contributed by atoms with van der Waals surface area (Å²) in [5.74, 6) is -1.10. The Kier molecular flexibility index (Phi) is 5.08. The van der Waals surface area contributed by atoms with Crippen LogP contribution in [0.15, 0.2) is 17.1 Å². The summed E-state index contributed by atoms with van der Waals surface area (Å²) in [7, 11) is 4.49. The van der Waals surface area contributed by atoms with Crippen molar-refractivity contribution in [1.82, 2.24) is 0 Å². The van der Waals surface area contributed by atoms with Crippen LogP contribution in [0.25, 0.3) is 0 Å². The summed E-state index contributed by atoms with van der Waals surface area (Å²) in [6.45, 7) is 3.98. The van der Waals surface area contributed by atoms with E-state index in [9.17, 15) is 10.5 Å². The highest BCUT2D eigenvalue weighted by Crippen LogP contribution is 2.82. The topological polar surface area (TPSA) is 132 Å². The van der Waals surface area contributed by atoms with Crippen molar-refractivity contribution in [2.45, 2.75) is 25.7 Å². The highest BCUT2D eigenvalue weighted by atomic mass is 16.7. The average molecular weight is 400 g/mol. The zero-order valence-electron chi connectivity index (χ0n) is 17.1. The SMILES string of the molecule is CCOC1(OCC)N=C(N)[C@@]2(C#N)[C@H](c3cc(OC)c(OC)c(OC)c3)[C@]12C#N. The maximum atomic E-state index is 10.3. The Hall–Kier alpha value is -3.01. The zero-order chi connectivity index (χ0) is 21.4. The number of hydrogen-bond donors (Lipinski definition) is 1. The number of amidine groups is 1. The Labute approximate surface area is 169 Å². The molecule has 0 bridgehead atoms. The molecule has 0 saturated heterocycles. The van der Waals surface area contributed by atoms with Crippen LogP contribution in [0, 0.1) is 33.5 Å². The molecule has 29 heavy (non-hydrogen) atoms. The minimum Gasteiger partial charge on any atom is -0.493 e. The molecule has 1 fully saturated rings. The lowest BCUT2D eigenvalue weighted by Crippen LogP contribution is -2.43. The molecule has 2 aliphatic rings. The van der Waals surface area contributed by atoms with Crippen molar-refractivity contribution in [3.63, 3.8) is 0 Å². The van der Waals surface area contributed by atoms with Crippen molar-refractivity contribution < 1.29 is 23.7 Å². The van der Waals surface area contributed by atoms with Gasteiger partial charge in [0.15, 0.2) is 16.9 Å². The standard InChI is InChI=1S/C20H24N4O5/c1-6-28-20(29-7-2)19(11-22)16(18(19,10-21)17(23)24-20)12-8-13(25-3)15(27-5)14(9-12)26-4/h8-9,16H,6-7H2,1-5H3,(H2,23,24)/t16-,18+,19-/m0/s1. The molecule has 1 aliphatic heterocycles. The number of benzene rings is 1. The van der Waals surface area contributed by atoms with Crippen LogP contribution >= 0.6 is 0 Å². The molecule has 0 radical (unpaired) electrons. The zero-order valence-corrected chi connectivity index (χ0v) is 17.1. The fraction of sp³-hybridized carbons (Fsp3) is 0.550. The van der Waals surface area contributed by atoms with Gasteiger partial charge in [-0.1, -0.05) is 0 Å². The van der Waals surface area contributed by atoms with Crippen molar-refractivity contribution >= 4 is 5.84 Å². The first-order valence-electron chi connectivity index (χ1n) is 9.19. The van der Waals surface area contributed by atoms with Crippen LogP contribution in [0.1, 0.15) is 25.3 Å². The smallest absolute Gasteiger partial charge is 0.293 e. The second-order valence-corrected chi connectivity index (χ2v) is 6.68. The fourth-order valence-electron chi connectivity index (χ4n) is 4.52. The van der Waals surface area contributed by atoms with E-state index in [1.807, 2.05) is 0 Å². The van der Waals surface area contributed by atoms with Crippen molar-refractivity contribution in [1.29, 1.82) is 10.5 Å². The molecule has 0 amide bonds. The molecule has 0 aromatic heterocycles. The number of rotatable bonds is 8. The minimum atomic E-state index is -1.67. The molecule has 1 heterocycles. The van der Waals surface area contributed by atoms with Crippen molar-refractivity contribution in [3.8, 4) is 29.4 Å². The third kappa shape index (κ3) is 2.29. The second-order valence-electron chi connectivity index (χ2n) is 6.68. The number of hydrogen-bond acceptors (Lipinski definition) is 9. The largest absolute Gasteiger partial charge is 0.493 e. The first kappa shape index (κ1) is 20.7. The Morgan fingerprint density at radius 3 is 1.93 bits per heavy atom. The number of fused-ring (bicyclic) bond motifs is 1. The van der Waals surface area contributed by atoms with Gasteiger partial charge >= 0.3 is 0 Å². The summed E-state index contributed by atoms with van der Waals surface area (Å²) in [6.07, 6.45) is 0. The molecule has 9 nitrogen and oxygen atoms in total. The van der Waals surface area contributed by atoms with E-state index >= 15 is 0 Å². The Morgan fingerprint density at radius 2 is 1.55 bits per heavy atom. The van der Waals surface area contributed by atoms with Gasteiger partial charge in [-0.05, 0) is 31.5 Å². The van der Waals surface area contributed by atoms with E-state index in [1.165, 1.54) is 21.3 Å². The van der Waals surface area contributed by atoms with Gasteiger partial charge in [-0.25, -0.2) is 4.99 Å². The minimum absolute atomic E-state index is 0.0159. The number of aliphatic imine (C=N–C) groups is 1. The van der Waals surface area contributed by atoms with Crippen molar-refractivity contribution in [2.24, 2.45) is 21.6 Å². The highest BCUT2D eigenvalue weighted by Gasteiger charge is 2.93. The monoisotopic (exact) mass is 400 g/mol. The lowest BCUT2D eigenvalue weighted by atomic mass is 9.93. The number of nitrogens with zero attached hydrogens (tertiary/aromatic N) is 3. The molecule has 3 rings (SSSR count). The summed E-state index contributed by atoms with van der Waals surface area (Å²) in [5.41, 5.74) is 3.99. The normalized spacial score (nSPS) is 28.5. The van der Waals surface area contributed by atoms with E-state index in [2.05, 4.69) is 17.1 Å². The summed E-state index contributed by atoms with van der Waals surface area (Å²) in [4.78, 5) is 4.33. The van der Waals surface area contributed by atoms with Crippen LogP contribution < -0.4 is 19.9 Å². The van der Waals surface area contributed by atoms with Crippen molar-refractivity contribution in [3.05, 3.63) is 17.7 Å². The molecule has 2 N–H and O–H groups in total. The second kappa shape index (κ2) is 7.11. The molecule has 1 aliphatic carbocycles. The van der Waals surface area contributed by atoms with Crippen LogP contribution in [0.3, 0.4) is 0 Å². The van der Waals surface area contributed by atoms with Crippen LogP contribution in [0.4, 0.5) is 0 Å². The first-order chi connectivity index (χ1) is 13.9. The third-order valence-corrected chi connectivity index (χ3v) is 5.63. The van der Waals surface area contributed by atoms with Gasteiger partial charge in [0.05, 0.1) is 33.5 Å². The van der Waals surface area contributed by atoms with Crippen LogP contribution in [-0.4, -0.2) is 46.3 Å². The number of nitrogens with two attached hydrogens (primary N) is 1. The van der Waals surface area contributed by atoms with E-state index in [4.69, 9.17) is 29.4 Å². The molecule has 1 aromatic rings. The summed E-state index contributed by atoms with van der Waals surface area (Å²) in [6, 6.07) is 7.91. The Bertz CT molecular complexity index is 903. The summed E-state index contributed by atoms with van der Waals surface area (Å²) in [5, 5.41) is 20.4. The van der Waals surface area contributed by atoms with Gasteiger partial charge in [0.2, 0.25) is 5.75 Å². The summed E-state index contributed by atoms with van der Waals surface area (Å²) < 4.78 is 27.9. The van der Waals surface area contributed by atoms with Crippen LogP contribution in [-0.2, 0) is 9.47 Å². The van der Waals surface area contributed by atoms with Crippen LogP contribution in [0.5, 0.6) is 17.2 Å². The van der Waals surface area contributed by atoms with E-state index in [1.54, 1.807) is 26.0 Å². The lowest BCUT2D eigenvalue weighted by Gasteiger charge is -2.31. The van der Waals surface area contributed by atoms with Gasteiger partial charge in [-0.3, -0.25) is 0 Å². The maximum Gasteiger partial charge on any atom is 0.293 e. The Morgan fingerprint density at radius 1 is 1.00 bits per heavy atom. The number of ether oxygens (including phenoxy) is 5. The predicted octanol–water partition coefficient (Wildman–Crippen LogP) is 1.93. The van der Waals surface area contributed by atoms with Gasteiger partial charge in [-0.15, -0.1) is 0 Å². The lowest BCUT2D eigenvalue weighted by molar-refractivity contribution is -0.255. The predicted molar refractivity (Wildman–Crippen MR) is 103 cm³/mol. The number of nitriles is 2. The molecular formula is C20H24N4O5. The Balaban J connectivity index is 2.26. The highest BCUT2D eigenvalue weighted by molar-refractivity contribution is 6.00. The molecule has 3 atom stereocenters. The molecule has 0 spiro atoms. The average Bonchev–Trinajstić information content (AvgIpc) is 3.31. The molecule has 0 unspecified atom stereocenters. The quantitative estimate of drug-likeness (QED) is 0.655.